The smallest absolute Gasteiger partial charge is 0.325 e. The molecular formula is C27H38N4O4. The predicted molar refractivity (Wildman–Crippen MR) is 134 cm³/mol. The molecule has 8 nitrogen and oxygen atoms in total. The highest BCUT2D eigenvalue weighted by Crippen LogP contribution is 2.29. The Kier molecular flexibility index (Phi) is 9.06. The van der Waals surface area contributed by atoms with Gasteiger partial charge < -0.3 is 19.9 Å². The summed E-state index contributed by atoms with van der Waals surface area (Å²) in [6, 6.07) is 7.25. The highest BCUT2D eigenvalue weighted by atomic mass is 16.5. The molecule has 0 saturated carbocycles. The van der Waals surface area contributed by atoms with Gasteiger partial charge >= 0.3 is 5.97 Å². The number of nitrogens with zero attached hydrogens (tertiary/aromatic N) is 3. The number of aromatic nitrogens is 2. The van der Waals surface area contributed by atoms with Crippen LogP contribution in [0, 0.1) is 0 Å². The van der Waals surface area contributed by atoms with E-state index in [-0.39, 0.29) is 12.2 Å². The van der Waals surface area contributed by atoms with Crippen molar-refractivity contribution in [2.24, 2.45) is 0 Å². The summed E-state index contributed by atoms with van der Waals surface area (Å²) in [4.78, 5) is 23.4. The second-order valence-electron chi connectivity index (χ2n) is 9.71. The number of unbranched alkanes of at least 4 members (excludes halogenated alkanes) is 1. The van der Waals surface area contributed by atoms with Crippen LogP contribution in [0.25, 0.3) is 0 Å². The summed E-state index contributed by atoms with van der Waals surface area (Å²) >= 11 is 0. The number of likely N-dealkylation sites (tertiary alicyclic amines) is 1. The number of aryl methyl sites for hydroxylation is 2. The lowest BCUT2D eigenvalue weighted by Crippen LogP contribution is -2.34. The molecule has 0 amide bonds. The number of hydrogen-bond donors (Lipinski definition) is 2. The first kappa shape index (κ1) is 25.5. The average molecular weight is 483 g/mol. The largest absolute Gasteiger partial charge is 0.480 e. The number of aliphatic carboxylic acids is 1. The number of carbonyl (C=O) groups is 1. The molecule has 1 saturated heterocycles. The molecule has 2 aliphatic rings. The SMILES string of the molecule is CC(C)OCc1ncccc1C(C(=O)O)N1CC[C@@H](OCCCCc2ccc3c(n2)NCCC3)C1. The van der Waals surface area contributed by atoms with Gasteiger partial charge in [-0.05, 0) is 70.1 Å². The summed E-state index contributed by atoms with van der Waals surface area (Å²) in [5, 5.41) is 13.4. The Morgan fingerprint density at radius 1 is 1.29 bits per heavy atom. The molecule has 35 heavy (non-hydrogen) atoms. The van der Waals surface area contributed by atoms with Crippen molar-refractivity contribution >= 4 is 11.8 Å². The van der Waals surface area contributed by atoms with E-state index < -0.39 is 12.0 Å². The maximum absolute atomic E-state index is 12.2. The van der Waals surface area contributed by atoms with Crippen molar-refractivity contribution in [3.8, 4) is 0 Å². The van der Waals surface area contributed by atoms with Crippen LogP contribution < -0.4 is 5.32 Å². The number of hydrogen-bond acceptors (Lipinski definition) is 7. The second kappa shape index (κ2) is 12.4. The van der Waals surface area contributed by atoms with Crippen LogP contribution in [0.15, 0.2) is 30.5 Å². The van der Waals surface area contributed by atoms with Crippen LogP contribution in [-0.2, 0) is 33.7 Å². The lowest BCUT2D eigenvalue weighted by molar-refractivity contribution is -0.143. The highest BCUT2D eigenvalue weighted by molar-refractivity contribution is 5.76. The fourth-order valence-electron chi connectivity index (χ4n) is 4.84. The second-order valence-corrected chi connectivity index (χ2v) is 9.71. The molecule has 4 rings (SSSR count). The Morgan fingerprint density at radius 2 is 2.17 bits per heavy atom. The highest BCUT2D eigenvalue weighted by Gasteiger charge is 2.35. The van der Waals surface area contributed by atoms with Crippen LogP contribution in [0.1, 0.15) is 68.1 Å². The molecule has 2 aromatic heterocycles. The van der Waals surface area contributed by atoms with E-state index in [2.05, 4.69) is 22.4 Å². The molecular weight excluding hydrogens is 444 g/mol. The molecule has 2 N–H and O–H groups in total. The van der Waals surface area contributed by atoms with E-state index in [4.69, 9.17) is 14.5 Å². The molecule has 1 unspecified atom stereocenters. The minimum Gasteiger partial charge on any atom is -0.480 e. The summed E-state index contributed by atoms with van der Waals surface area (Å²) in [5.74, 6) is 0.188. The fourth-order valence-corrected chi connectivity index (χ4v) is 4.84. The molecule has 4 heterocycles. The number of carboxylic acid groups (broad SMARTS) is 1. The van der Waals surface area contributed by atoms with Crippen LogP contribution in [0.5, 0.6) is 0 Å². The quantitative estimate of drug-likeness (QED) is 0.438. The molecule has 0 bridgehead atoms. The van der Waals surface area contributed by atoms with E-state index in [0.29, 0.717) is 37.6 Å². The zero-order valence-electron chi connectivity index (χ0n) is 20.9. The van der Waals surface area contributed by atoms with E-state index in [0.717, 1.165) is 50.2 Å². The van der Waals surface area contributed by atoms with E-state index in [1.165, 1.54) is 12.0 Å². The number of nitrogens with one attached hydrogen (secondary N) is 1. The number of anilines is 1. The fraction of sp³-hybridized carbons (Fsp3) is 0.593. The minimum absolute atomic E-state index is 0.0509. The average Bonchev–Trinajstić information content (AvgIpc) is 3.31. The van der Waals surface area contributed by atoms with Crippen LogP contribution in [0.4, 0.5) is 5.82 Å². The topological polar surface area (TPSA) is 96.8 Å². The number of carboxylic acids is 1. The monoisotopic (exact) mass is 482 g/mol. The zero-order valence-corrected chi connectivity index (χ0v) is 20.9. The maximum atomic E-state index is 12.2. The summed E-state index contributed by atoms with van der Waals surface area (Å²) < 4.78 is 11.8. The standard InChI is InChI=1S/C27H38N4O4/c1-19(2)35-18-24-23(9-6-13-28-24)25(27(32)33)31-15-12-22(17-31)34-16-4-3-8-21-11-10-20-7-5-14-29-26(20)30-21/h6,9-11,13,19,22,25H,3-5,7-8,12,14-18H2,1-2H3,(H,29,30)(H,32,33)/t22-,25?/m1/s1. The molecule has 0 spiro atoms. The first-order valence-corrected chi connectivity index (χ1v) is 12.9. The Labute approximate surface area is 208 Å². The van der Waals surface area contributed by atoms with Crippen molar-refractivity contribution < 1.29 is 19.4 Å². The lowest BCUT2D eigenvalue weighted by Gasteiger charge is -2.26. The molecule has 0 radical (unpaired) electrons. The first-order valence-electron chi connectivity index (χ1n) is 12.9. The van der Waals surface area contributed by atoms with Crippen molar-refractivity contribution in [1.29, 1.82) is 0 Å². The maximum Gasteiger partial charge on any atom is 0.325 e. The molecule has 2 atom stereocenters. The lowest BCUT2D eigenvalue weighted by atomic mass is 10.0. The summed E-state index contributed by atoms with van der Waals surface area (Å²) in [6.45, 7) is 7.20. The van der Waals surface area contributed by atoms with Gasteiger partial charge in [0.2, 0.25) is 0 Å². The number of ether oxygens (including phenoxy) is 2. The van der Waals surface area contributed by atoms with Gasteiger partial charge in [-0.2, -0.15) is 0 Å². The predicted octanol–water partition coefficient (Wildman–Crippen LogP) is 4.00. The van der Waals surface area contributed by atoms with Crippen LogP contribution in [-0.4, -0.2) is 64.4 Å². The first-order chi connectivity index (χ1) is 17.0. The van der Waals surface area contributed by atoms with Crippen molar-refractivity contribution in [2.45, 2.75) is 77.2 Å². The van der Waals surface area contributed by atoms with Crippen LogP contribution in [0.3, 0.4) is 0 Å². The van der Waals surface area contributed by atoms with Gasteiger partial charge in [0, 0.05) is 43.7 Å². The van der Waals surface area contributed by atoms with Gasteiger partial charge in [0.1, 0.15) is 11.9 Å². The van der Waals surface area contributed by atoms with Gasteiger partial charge in [0.25, 0.3) is 0 Å². The molecule has 1 fully saturated rings. The van der Waals surface area contributed by atoms with Gasteiger partial charge in [-0.15, -0.1) is 0 Å². The third kappa shape index (κ3) is 6.99. The van der Waals surface area contributed by atoms with Crippen LogP contribution in [0.2, 0.25) is 0 Å². The Hall–Kier alpha value is -2.55. The van der Waals surface area contributed by atoms with Crippen LogP contribution >= 0.6 is 0 Å². The summed E-state index contributed by atoms with van der Waals surface area (Å²) in [5.41, 5.74) is 3.83. The molecule has 8 heteroatoms. The van der Waals surface area contributed by atoms with E-state index in [9.17, 15) is 9.90 Å². The molecule has 0 aliphatic carbocycles. The molecule has 2 aromatic rings. The minimum atomic E-state index is -0.864. The molecule has 0 aromatic carbocycles. The molecule has 2 aliphatic heterocycles. The third-order valence-corrected chi connectivity index (χ3v) is 6.68. The Morgan fingerprint density at radius 3 is 3.00 bits per heavy atom. The number of rotatable bonds is 12. The van der Waals surface area contributed by atoms with Crippen molar-refractivity contribution in [3.05, 3.63) is 53.0 Å². The van der Waals surface area contributed by atoms with E-state index in [1.807, 2.05) is 24.8 Å². The summed E-state index contributed by atoms with van der Waals surface area (Å²) in [6.07, 6.45) is 7.84. The molecule has 190 valence electrons. The normalized spacial score (nSPS) is 18.9. The van der Waals surface area contributed by atoms with Gasteiger partial charge in [0.15, 0.2) is 0 Å². The van der Waals surface area contributed by atoms with Crippen molar-refractivity contribution in [2.75, 3.05) is 31.6 Å². The van der Waals surface area contributed by atoms with Gasteiger partial charge in [-0.25, -0.2) is 4.98 Å². The van der Waals surface area contributed by atoms with Gasteiger partial charge in [-0.3, -0.25) is 14.7 Å². The zero-order chi connectivity index (χ0) is 24.6. The summed E-state index contributed by atoms with van der Waals surface area (Å²) in [7, 11) is 0. The van der Waals surface area contributed by atoms with Crippen molar-refractivity contribution in [3.63, 3.8) is 0 Å². The van der Waals surface area contributed by atoms with Gasteiger partial charge in [-0.1, -0.05) is 12.1 Å². The van der Waals surface area contributed by atoms with E-state index >= 15 is 0 Å². The number of fused-ring (bicyclic) bond motifs is 1. The van der Waals surface area contributed by atoms with Crippen molar-refractivity contribution in [1.82, 2.24) is 14.9 Å². The Bertz CT molecular complexity index is 983. The third-order valence-electron chi connectivity index (χ3n) is 6.68. The Balaban J connectivity index is 1.24. The van der Waals surface area contributed by atoms with Gasteiger partial charge in [0.05, 0.1) is 24.5 Å². The van der Waals surface area contributed by atoms with E-state index in [1.54, 1.807) is 12.3 Å². The number of pyridine rings is 2.